The molecule has 0 aliphatic carbocycles. The van der Waals surface area contributed by atoms with E-state index in [0.717, 1.165) is 37.9 Å². The van der Waals surface area contributed by atoms with Gasteiger partial charge >= 0.3 is 5.97 Å². The van der Waals surface area contributed by atoms with Crippen LogP contribution in [0.2, 0.25) is 0 Å². The lowest BCUT2D eigenvalue weighted by Gasteiger charge is -2.34. The van der Waals surface area contributed by atoms with Gasteiger partial charge in [-0.2, -0.15) is 0 Å². The van der Waals surface area contributed by atoms with Gasteiger partial charge in [0, 0.05) is 19.6 Å². The molecule has 25 heavy (non-hydrogen) atoms. The summed E-state index contributed by atoms with van der Waals surface area (Å²) >= 11 is 0. The fraction of sp³-hybridized carbons (Fsp3) is 0.579. The van der Waals surface area contributed by atoms with Crippen LogP contribution in [0.25, 0.3) is 0 Å². The van der Waals surface area contributed by atoms with Gasteiger partial charge < -0.3 is 15.0 Å². The quantitative estimate of drug-likeness (QED) is 0.308. The lowest BCUT2D eigenvalue weighted by atomic mass is 9.90. The highest BCUT2D eigenvalue weighted by molar-refractivity contribution is 14.0. The second-order valence-corrected chi connectivity index (χ2v) is 6.18. The molecule has 5 nitrogen and oxygen atoms in total. The van der Waals surface area contributed by atoms with Gasteiger partial charge in [0.1, 0.15) is 0 Å². The number of nitrogens with zero attached hydrogens (tertiary/aromatic N) is 2. The number of carbonyl (C=O) groups is 1. The summed E-state index contributed by atoms with van der Waals surface area (Å²) < 4.78 is 4.67. The number of ether oxygens (including phenoxy) is 1. The van der Waals surface area contributed by atoms with E-state index in [0.29, 0.717) is 13.0 Å². The van der Waals surface area contributed by atoms with Crippen LogP contribution in [0.15, 0.2) is 35.3 Å². The van der Waals surface area contributed by atoms with Gasteiger partial charge in [-0.1, -0.05) is 30.3 Å². The summed E-state index contributed by atoms with van der Waals surface area (Å²) in [5.74, 6) is 1.44. The van der Waals surface area contributed by atoms with Gasteiger partial charge in [-0.05, 0) is 37.7 Å². The van der Waals surface area contributed by atoms with Crippen molar-refractivity contribution in [2.45, 2.75) is 32.6 Å². The molecule has 1 saturated heterocycles. The maximum absolute atomic E-state index is 11.2. The van der Waals surface area contributed by atoms with Crippen molar-refractivity contribution in [3.63, 3.8) is 0 Å². The molecule has 140 valence electrons. The number of piperidine rings is 1. The first-order valence-electron chi connectivity index (χ1n) is 8.87. The highest BCUT2D eigenvalue weighted by Gasteiger charge is 2.21. The zero-order valence-electron chi connectivity index (χ0n) is 15.2. The third kappa shape index (κ3) is 7.63. The van der Waals surface area contributed by atoms with Crippen molar-refractivity contribution in [3.8, 4) is 0 Å². The largest absolute Gasteiger partial charge is 0.469 e. The van der Waals surface area contributed by atoms with Crippen LogP contribution in [0.4, 0.5) is 0 Å². The third-order valence-electron chi connectivity index (χ3n) is 4.42. The number of guanidine groups is 1. The van der Waals surface area contributed by atoms with Crippen molar-refractivity contribution >= 4 is 35.9 Å². The average Bonchev–Trinajstić information content (AvgIpc) is 2.62. The molecule has 1 aliphatic rings. The van der Waals surface area contributed by atoms with Crippen LogP contribution in [0, 0.1) is 5.92 Å². The molecule has 0 radical (unpaired) electrons. The summed E-state index contributed by atoms with van der Waals surface area (Å²) in [5.41, 5.74) is 1.43. The molecule has 1 aliphatic heterocycles. The molecular weight excluding hydrogens is 429 g/mol. The van der Waals surface area contributed by atoms with Crippen molar-refractivity contribution in [1.29, 1.82) is 0 Å². The molecule has 1 N–H and O–H groups in total. The summed E-state index contributed by atoms with van der Waals surface area (Å²) in [6.07, 6.45) is 3.84. The summed E-state index contributed by atoms with van der Waals surface area (Å²) in [7, 11) is 1.41. The molecule has 0 bridgehead atoms. The number of rotatable bonds is 6. The van der Waals surface area contributed by atoms with E-state index in [2.05, 4.69) is 57.2 Å². The van der Waals surface area contributed by atoms with Gasteiger partial charge in [0.2, 0.25) is 0 Å². The standard InChI is InChI=1S/C19H29N3O2.HI/c1-3-20-19(21-12-9-18(23)24-2)22-13-10-17(11-14-22)15-16-7-5-4-6-8-16;/h4-8,17H,3,9-15H2,1-2H3,(H,20,21);1H. The van der Waals surface area contributed by atoms with E-state index in [-0.39, 0.29) is 29.9 Å². The monoisotopic (exact) mass is 459 g/mol. The molecule has 1 aromatic rings. The Morgan fingerprint density at radius 2 is 1.96 bits per heavy atom. The molecular formula is C19H30IN3O2. The fourth-order valence-electron chi connectivity index (χ4n) is 3.08. The van der Waals surface area contributed by atoms with Gasteiger partial charge in [0.15, 0.2) is 5.96 Å². The summed E-state index contributed by atoms with van der Waals surface area (Å²) in [6, 6.07) is 10.7. The number of esters is 1. The number of hydrogen-bond donors (Lipinski definition) is 1. The Kier molecular flexibility index (Phi) is 10.5. The molecule has 0 spiro atoms. The zero-order valence-corrected chi connectivity index (χ0v) is 17.6. The van der Waals surface area contributed by atoms with Crippen molar-refractivity contribution in [3.05, 3.63) is 35.9 Å². The normalized spacial score (nSPS) is 15.4. The van der Waals surface area contributed by atoms with Crippen molar-refractivity contribution < 1.29 is 9.53 Å². The molecule has 1 fully saturated rings. The van der Waals surface area contributed by atoms with Crippen LogP contribution in [-0.2, 0) is 16.0 Å². The molecule has 0 amide bonds. The van der Waals surface area contributed by atoms with Gasteiger partial charge in [-0.3, -0.25) is 9.79 Å². The maximum atomic E-state index is 11.2. The van der Waals surface area contributed by atoms with Crippen LogP contribution in [0.3, 0.4) is 0 Å². The molecule has 1 heterocycles. The first-order valence-corrected chi connectivity index (χ1v) is 8.87. The minimum Gasteiger partial charge on any atom is -0.469 e. The van der Waals surface area contributed by atoms with Crippen molar-refractivity contribution in [2.24, 2.45) is 10.9 Å². The highest BCUT2D eigenvalue weighted by atomic mass is 127. The second kappa shape index (κ2) is 12.1. The van der Waals surface area contributed by atoms with E-state index in [1.165, 1.54) is 25.5 Å². The molecule has 1 aromatic carbocycles. The van der Waals surface area contributed by atoms with Crippen LogP contribution in [0.1, 0.15) is 31.7 Å². The Labute approximate surface area is 168 Å². The lowest BCUT2D eigenvalue weighted by molar-refractivity contribution is -0.140. The Hall–Kier alpha value is -1.31. The molecule has 6 heteroatoms. The topological polar surface area (TPSA) is 53.9 Å². The Bertz CT molecular complexity index is 529. The minimum atomic E-state index is -0.212. The van der Waals surface area contributed by atoms with Crippen LogP contribution < -0.4 is 5.32 Å². The number of aliphatic imine (C=N–C) groups is 1. The fourth-order valence-corrected chi connectivity index (χ4v) is 3.08. The Morgan fingerprint density at radius 3 is 2.56 bits per heavy atom. The van der Waals surface area contributed by atoms with Crippen LogP contribution in [-0.4, -0.2) is 50.1 Å². The molecule has 0 saturated carbocycles. The Balaban J connectivity index is 0.00000312. The number of hydrogen-bond acceptors (Lipinski definition) is 3. The van der Waals surface area contributed by atoms with Crippen LogP contribution in [0.5, 0.6) is 0 Å². The predicted octanol–water partition coefficient (Wildman–Crippen LogP) is 3.09. The number of halogens is 1. The molecule has 0 unspecified atom stereocenters. The summed E-state index contributed by atoms with van der Waals surface area (Å²) in [4.78, 5) is 18.1. The van der Waals surface area contributed by atoms with E-state index < -0.39 is 0 Å². The number of nitrogens with one attached hydrogen (secondary N) is 1. The third-order valence-corrected chi connectivity index (χ3v) is 4.42. The van der Waals surface area contributed by atoms with E-state index in [1.807, 2.05) is 0 Å². The van der Waals surface area contributed by atoms with E-state index in [1.54, 1.807) is 0 Å². The summed E-state index contributed by atoms with van der Waals surface area (Å²) in [6.45, 7) is 5.40. The second-order valence-electron chi connectivity index (χ2n) is 6.18. The SMILES string of the molecule is CCNC(=NCCC(=O)OC)N1CCC(Cc2ccccc2)CC1.I. The number of likely N-dealkylation sites (tertiary alicyclic amines) is 1. The number of benzene rings is 1. The highest BCUT2D eigenvalue weighted by Crippen LogP contribution is 2.21. The average molecular weight is 459 g/mol. The summed E-state index contributed by atoms with van der Waals surface area (Å²) in [5, 5.41) is 3.33. The predicted molar refractivity (Wildman–Crippen MR) is 112 cm³/mol. The van der Waals surface area contributed by atoms with Gasteiger partial charge in [0.05, 0.1) is 20.1 Å². The maximum Gasteiger partial charge on any atom is 0.307 e. The first-order chi connectivity index (χ1) is 11.7. The lowest BCUT2D eigenvalue weighted by Crippen LogP contribution is -2.46. The van der Waals surface area contributed by atoms with Crippen molar-refractivity contribution in [1.82, 2.24) is 10.2 Å². The van der Waals surface area contributed by atoms with E-state index in [4.69, 9.17) is 0 Å². The van der Waals surface area contributed by atoms with E-state index in [9.17, 15) is 4.79 Å². The van der Waals surface area contributed by atoms with Gasteiger partial charge in [0.25, 0.3) is 0 Å². The smallest absolute Gasteiger partial charge is 0.307 e. The van der Waals surface area contributed by atoms with Crippen LogP contribution >= 0.6 is 24.0 Å². The number of methoxy groups -OCH3 is 1. The molecule has 0 atom stereocenters. The molecule has 2 rings (SSSR count). The zero-order chi connectivity index (χ0) is 17.2. The minimum absolute atomic E-state index is 0. The Morgan fingerprint density at radius 1 is 1.28 bits per heavy atom. The first kappa shape index (κ1) is 21.7. The number of carbonyl (C=O) groups excluding carboxylic acids is 1. The van der Waals surface area contributed by atoms with E-state index >= 15 is 0 Å². The molecule has 0 aromatic heterocycles. The van der Waals surface area contributed by atoms with Gasteiger partial charge in [-0.15, -0.1) is 24.0 Å². The van der Waals surface area contributed by atoms with Crippen molar-refractivity contribution in [2.75, 3.05) is 33.3 Å². The van der Waals surface area contributed by atoms with Gasteiger partial charge in [-0.25, -0.2) is 0 Å².